The topological polar surface area (TPSA) is 84.6 Å². The summed E-state index contributed by atoms with van der Waals surface area (Å²) in [4.78, 5) is 12.2. The quantitative estimate of drug-likeness (QED) is 0.820. The number of aryl methyl sites for hydroxylation is 2. The van der Waals surface area contributed by atoms with Crippen molar-refractivity contribution in [1.82, 2.24) is 5.16 Å². The minimum Gasteiger partial charge on any atom is -0.491 e. The van der Waals surface area contributed by atoms with Crippen LogP contribution in [0.3, 0.4) is 0 Å². The van der Waals surface area contributed by atoms with Gasteiger partial charge >= 0.3 is 0 Å². The monoisotopic (exact) mass is 318 g/mol. The van der Waals surface area contributed by atoms with Crippen LogP contribution in [0.15, 0.2) is 28.8 Å². The molecule has 1 aromatic carbocycles. The molecule has 1 amide bonds. The Morgan fingerprint density at radius 1 is 1.35 bits per heavy atom. The molecule has 0 radical (unpaired) electrons. The first-order chi connectivity index (χ1) is 11.0. The molecule has 0 aliphatic heterocycles. The molecular weight excluding hydrogens is 296 g/mol. The number of carbonyl (C=O) groups excluding carboxylic acids is 1. The molecule has 0 aliphatic rings. The van der Waals surface area contributed by atoms with Gasteiger partial charge < -0.3 is 19.7 Å². The lowest BCUT2D eigenvalue weighted by molar-refractivity contribution is -0.116. The number of ether oxygens (including phenoxy) is 1. The number of anilines is 1. The second kappa shape index (κ2) is 7.78. The zero-order valence-corrected chi connectivity index (χ0v) is 13.6. The molecule has 0 saturated carbocycles. The highest BCUT2D eigenvalue weighted by Gasteiger charge is 2.19. The first-order valence-electron chi connectivity index (χ1n) is 7.57. The molecule has 23 heavy (non-hydrogen) atoms. The van der Waals surface area contributed by atoms with E-state index in [4.69, 9.17) is 14.4 Å². The van der Waals surface area contributed by atoms with Crippen LogP contribution in [0, 0.1) is 13.8 Å². The van der Waals surface area contributed by atoms with Gasteiger partial charge in [0.05, 0.1) is 12.3 Å². The average Bonchev–Trinajstić information content (AvgIpc) is 2.85. The van der Waals surface area contributed by atoms with Crippen LogP contribution in [-0.2, 0) is 4.79 Å². The molecule has 2 rings (SSSR count). The molecule has 0 aliphatic carbocycles. The molecule has 1 unspecified atom stereocenters. The lowest BCUT2D eigenvalue weighted by Gasteiger charge is -2.12. The number of rotatable bonds is 7. The standard InChI is InChI=1S/C17H22N2O4/c1-11(17-12(2)19-23-13(17)3)10-16(21)18-14-4-6-15(7-5-14)22-9-8-20/h4-7,11,20H,8-10H2,1-3H3,(H,18,21). The minimum absolute atomic E-state index is 0.0297. The van der Waals surface area contributed by atoms with E-state index in [0.717, 1.165) is 17.0 Å². The van der Waals surface area contributed by atoms with Gasteiger partial charge in [-0.25, -0.2) is 0 Å². The Morgan fingerprint density at radius 3 is 2.61 bits per heavy atom. The van der Waals surface area contributed by atoms with Gasteiger partial charge in [-0.3, -0.25) is 4.79 Å². The SMILES string of the molecule is Cc1noc(C)c1C(C)CC(=O)Nc1ccc(OCCO)cc1. The highest BCUT2D eigenvalue weighted by atomic mass is 16.5. The Labute approximate surface area is 135 Å². The lowest BCUT2D eigenvalue weighted by Crippen LogP contribution is -2.15. The smallest absolute Gasteiger partial charge is 0.224 e. The van der Waals surface area contributed by atoms with Gasteiger partial charge in [0.15, 0.2) is 0 Å². The molecule has 0 bridgehead atoms. The Kier molecular flexibility index (Phi) is 5.76. The average molecular weight is 318 g/mol. The number of benzene rings is 1. The van der Waals surface area contributed by atoms with Gasteiger partial charge in [-0.05, 0) is 44.0 Å². The first-order valence-corrected chi connectivity index (χ1v) is 7.57. The van der Waals surface area contributed by atoms with Crippen LogP contribution in [0.4, 0.5) is 5.69 Å². The molecule has 2 N–H and O–H groups in total. The fourth-order valence-electron chi connectivity index (χ4n) is 2.58. The number of hydrogen-bond acceptors (Lipinski definition) is 5. The summed E-state index contributed by atoms with van der Waals surface area (Å²) in [5, 5.41) is 15.5. The van der Waals surface area contributed by atoms with Crippen LogP contribution in [0.2, 0.25) is 0 Å². The van der Waals surface area contributed by atoms with Crippen molar-refractivity contribution < 1.29 is 19.2 Å². The van der Waals surface area contributed by atoms with Gasteiger partial charge in [0.2, 0.25) is 5.91 Å². The van der Waals surface area contributed by atoms with E-state index in [1.165, 1.54) is 0 Å². The molecule has 0 fully saturated rings. The van der Waals surface area contributed by atoms with E-state index in [1.807, 2.05) is 20.8 Å². The van der Waals surface area contributed by atoms with Crippen molar-refractivity contribution in [3.63, 3.8) is 0 Å². The van der Waals surface area contributed by atoms with Crippen molar-refractivity contribution in [1.29, 1.82) is 0 Å². The maximum Gasteiger partial charge on any atom is 0.224 e. The second-order valence-electron chi connectivity index (χ2n) is 5.49. The van der Waals surface area contributed by atoms with Crippen LogP contribution < -0.4 is 10.1 Å². The van der Waals surface area contributed by atoms with E-state index >= 15 is 0 Å². The maximum absolute atomic E-state index is 12.2. The van der Waals surface area contributed by atoms with Crippen LogP contribution in [0.1, 0.15) is 36.3 Å². The molecule has 6 nitrogen and oxygen atoms in total. The largest absolute Gasteiger partial charge is 0.491 e. The molecule has 0 saturated heterocycles. The van der Waals surface area contributed by atoms with Gasteiger partial charge in [-0.1, -0.05) is 12.1 Å². The maximum atomic E-state index is 12.2. The summed E-state index contributed by atoms with van der Waals surface area (Å²) in [6.45, 7) is 5.94. The third-order valence-electron chi connectivity index (χ3n) is 3.57. The summed E-state index contributed by atoms with van der Waals surface area (Å²) in [5.41, 5.74) is 2.53. The normalized spacial score (nSPS) is 12.0. The molecular formula is C17H22N2O4. The molecule has 0 spiro atoms. The fraction of sp³-hybridized carbons (Fsp3) is 0.412. The van der Waals surface area contributed by atoms with Gasteiger partial charge in [0.25, 0.3) is 0 Å². The summed E-state index contributed by atoms with van der Waals surface area (Å²) < 4.78 is 10.4. The Morgan fingerprint density at radius 2 is 2.04 bits per heavy atom. The van der Waals surface area contributed by atoms with Crippen molar-refractivity contribution in [3.05, 3.63) is 41.3 Å². The summed E-state index contributed by atoms with van der Waals surface area (Å²) >= 11 is 0. The van der Waals surface area contributed by atoms with Crippen LogP contribution in [0.25, 0.3) is 0 Å². The van der Waals surface area contributed by atoms with Crippen molar-refractivity contribution in [3.8, 4) is 5.75 Å². The highest BCUT2D eigenvalue weighted by molar-refractivity contribution is 5.91. The van der Waals surface area contributed by atoms with Crippen molar-refractivity contribution in [2.75, 3.05) is 18.5 Å². The van der Waals surface area contributed by atoms with Crippen LogP contribution in [0.5, 0.6) is 5.75 Å². The number of hydrogen-bond donors (Lipinski definition) is 2. The summed E-state index contributed by atoms with van der Waals surface area (Å²) in [5.74, 6) is 1.38. The van der Waals surface area contributed by atoms with E-state index in [0.29, 0.717) is 17.9 Å². The van der Waals surface area contributed by atoms with Crippen molar-refractivity contribution in [2.45, 2.75) is 33.1 Å². The zero-order chi connectivity index (χ0) is 16.8. The Bertz CT molecular complexity index is 630. The molecule has 1 atom stereocenters. The fourth-order valence-corrected chi connectivity index (χ4v) is 2.58. The summed E-state index contributed by atoms with van der Waals surface area (Å²) in [7, 11) is 0. The third-order valence-corrected chi connectivity index (χ3v) is 3.57. The number of nitrogens with one attached hydrogen (secondary N) is 1. The highest BCUT2D eigenvalue weighted by Crippen LogP contribution is 2.26. The number of nitrogens with zero attached hydrogens (tertiary/aromatic N) is 1. The van der Waals surface area contributed by atoms with Gasteiger partial charge in [0.1, 0.15) is 18.1 Å². The predicted molar refractivity (Wildman–Crippen MR) is 86.7 cm³/mol. The third kappa shape index (κ3) is 4.56. The number of aromatic nitrogens is 1. The molecule has 124 valence electrons. The van der Waals surface area contributed by atoms with Gasteiger partial charge in [-0.15, -0.1) is 0 Å². The van der Waals surface area contributed by atoms with E-state index in [-0.39, 0.29) is 25.0 Å². The zero-order valence-electron chi connectivity index (χ0n) is 13.6. The second-order valence-corrected chi connectivity index (χ2v) is 5.49. The summed E-state index contributed by atoms with van der Waals surface area (Å²) in [6.07, 6.45) is 0.353. The van der Waals surface area contributed by atoms with Crippen molar-refractivity contribution >= 4 is 11.6 Å². The molecule has 6 heteroatoms. The molecule has 1 aromatic heterocycles. The number of carbonyl (C=O) groups is 1. The molecule has 2 aromatic rings. The number of aliphatic hydroxyl groups excluding tert-OH is 1. The van der Waals surface area contributed by atoms with Crippen molar-refractivity contribution in [2.24, 2.45) is 0 Å². The van der Waals surface area contributed by atoms with E-state index in [1.54, 1.807) is 24.3 Å². The van der Waals surface area contributed by atoms with Crippen LogP contribution >= 0.6 is 0 Å². The Hall–Kier alpha value is -2.34. The Balaban J connectivity index is 1.91. The van der Waals surface area contributed by atoms with Gasteiger partial charge in [-0.2, -0.15) is 0 Å². The molecule has 1 heterocycles. The minimum atomic E-state index is -0.0680. The first kappa shape index (κ1) is 17.0. The van der Waals surface area contributed by atoms with Gasteiger partial charge in [0, 0.05) is 17.7 Å². The summed E-state index contributed by atoms with van der Waals surface area (Å²) in [6, 6.07) is 7.04. The van der Waals surface area contributed by atoms with Crippen LogP contribution in [-0.4, -0.2) is 29.4 Å². The van der Waals surface area contributed by atoms with E-state index in [9.17, 15) is 4.79 Å². The lowest BCUT2D eigenvalue weighted by atomic mass is 9.96. The predicted octanol–water partition coefficient (Wildman–Crippen LogP) is 2.79. The van der Waals surface area contributed by atoms with E-state index in [2.05, 4.69) is 10.5 Å². The van der Waals surface area contributed by atoms with E-state index < -0.39 is 0 Å². The number of aliphatic hydroxyl groups is 1. The number of amides is 1.